The lowest BCUT2D eigenvalue weighted by atomic mass is 10.5. The predicted molar refractivity (Wildman–Crippen MR) is 47.3 cm³/mol. The van der Waals surface area contributed by atoms with Crippen molar-refractivity contribution in [3.05, 3.63) is 11.9 Å². The van der Waals surface area contributed by atoms with Crippen LogP contribution >= 0.6 is 12.8 Å². The Morgan fingerprint density at radius 2 is 1.86 bits per heavy atom. The molecule has 0 bridgehead atoms. The van der Waals surface area contributed by atoms with Gasteiger partial charge in [-0.15, -0.1) is 0 Å². The van der Waals surface area contributed by atoms with Crippen molar-refractivity contribution in [1.82, 2.24) is 9.62 Å². The van der Waals surface area contributed by atoms with Crippen LogP contribution in [-0.2, 0) is 4.79 Å². The number of carbonyl (C=O) groups is 3. The molecular weight excluding hydrogens is 214 g/mol. The van der Waals surface area contributed by atoms with Gasteiger partial charge < -0.3 is 21.3 Å². The standard InChI is InChI=1S/C5H7N3O5S/c6-4(11)7-1-2(3(9)10)8(14)5(12)13/h1,14H,(H,9,10)(H,12,13)(H3,6,7,11). The van der Waals surface area contributed by atoms with Gasteiger partial charge in [0.1, 0.15) is 0 Å². The molecule has 0 aliphatic rings. The molecule has 0 rings (SSSR count). The molecule has 0 radical (unpaired) electrons. The molecule has 0 saturated carbocycles. The number of rotatable bonds is 3. The summed E-state index contributed by atoms with van der Waals surface area (Å²) in [7, 11) is 0. The summed E-state index contributed by atoms with van der Waals surface area (Å²) in [6.07, 6.45) is -0.987. The van der Waals surface area contributed by atoms with Gasteiger partial charge in [-0.3, -0.25) is 0 Å². The number of primary amides is 1. The van der Waals surface area contributed by atoms with E-state index in [-0.39, 0.29) is 4.31 Å². The molecule has 0 aliphatic carbocycles. The fourth-order valence-corrected chi connectivity index (χ4v) is 0.599. The predicted octanol–water partition coefficient (Wildman–Crippen LogP) is -0.594. The van der Waals surface area contributed by atoms with Gasteiger partial charge >= 0.3 is 18.1 Å². The summed E-state index contributed by atoms with van der Waals surface area (Å²) in [5.41, 5.74) is 3.89. The molecule has 8 nitrogen and oxygen atoms in total. The van der Waals surface area contributed by atoms with Gasteiger partial charge in [0.2, 0.25) is 0 Å². The fourth-order valence-electron chi connectivity index (χ4n) is 0.456. The van der Waals surface area contributed by atoms with Crippen LogP contribution < -0.4 is 11.1 Å². The molecule has 0 unspecified atom stereocenters. The van der Waals surface area contributed by atoms with Gasteiger partial charge in [0, 0.05) is 6.20 Å². The lowest BCUT2D eigenvalue weighted by molar-refractivity contribution is -0.133. The minimum absolute atomic E-state index is 0.123. The zero-order valence-electron chi connectivity index (χ0n) is 6.67. The maximum Gasteiger partial charge on any atom is 0.422 e. The van der Waals surface area contributed by atoms with Crippen molar-refractivity contribution in [2.75, 3.05) is 0 Å². The number of hydrogen-bond donors (Lipinski definition) is 5. The highest BCUT2D eigenvalue weighted by Gasteiger charge is 2.19. The number of carboxylic acid groups (broad SMARTS) is 2. The highest BCUT2D eigenvalue weighted by atomic mass is 32.1. The molecule has 0 aromatic heterocycles. The maximum atomic E-state index is 10.4. The van der Waals surface area contributed by atoms with Crippen molar-refractivity contribution >= 4 is 30.9 Å². The summed E-state index contributed by atoms with van der Waals surface area (Å²) in [4.78, 5) is 30.9. The summed E-state index contributed by atoms with van der Waals surface area (Å²) in [6.45, 7) is 0. The first-order valence-corrected chi connectivity index (χ1v) is 3.47. The van der Waals surface area contributed by atoms with Gasteiger partial charge in [0.25, 0.3) is 0 Å². The lowest BCUT2D eigenvalue weighted by Gasteiger charge is -2.11. The van der Waals surface area contributed by atoms with E-state index >= 15 is 0 Å². The summed E-state index contributed by atoms with van der Waals surface area (Å²) in [5.74, 6) is -1.57. The Morgan fingerprint density at radius 3 is 2.14 bits per heavy atom. The van der Waals surface area contributed by atoms with Crippen LogP contribution in [0.3, 0.4) is 0 Å². The molecule has 0 aromatic carbocycles. The number of amides is 3. The minimum Gasteiger partial charge on any atom is -0.476 e. The van der Waals surface area contributed by atoms with Gasteiger partial charge in [-0.2, -0.15) is 0 Å². The van der Waals surface area contributed by atoms with E-state index in [0.29, 0.717) is 6.20 Å². The fraction of sp³-hybridized carbons (Fsp3) is 0. The van der Waals surface area contributed by atoms with Crippen molar-refractivity contribution in [3.8, 4) is 0 Å². The Kier molecular flexibility index (Phi) is 4.29. The van der Waals surface area contributed by atoms with E-state index in [1.54, 1.807) is 5.32 Å². The number of nitrogens with one attached hydrogen (secondary N) is 1. The van der Waals surface area contributed by atoms with Gasteiger partial charge in [0.15, 0.2) is 5.70 Å². The van der Waals surface area contributed by atoms with Gasteiger partial charge in [-0.25, -0.2) is 18.7 Å². The first-order chi connectivity index (χ1) is 6.36. The molecule has 0 aliphatic heterocycles. The number of nitrogens with two attached hydrogens (primary N) is 1. The van der Waals surface area contributed by atoms with Crippen molar-refractivity contribution in [2.45, 2.75) is 0 Å². The van der Waals surface area contributed by atoms with E-state index in [1.165, 1.54) is 0 Å². The third kappa shape index (κ3) is 3.67. The zero-order valence-corrected chi connectivity index (χ0v) is 7.56. The SMILES string of the molecule is NC(=O)NC=C(C(=O)O)N(S)C(=O)O. The average molecular weight is 221 g/mol. The highest BCUT2D eigenvalue weighted by Crippen LogP contribution is 2.06. The van der Waals surface area contributed by atoms with Crippen molar-refractivity contribution in [2.24, 2.45) is 5.73 Å². The molecule has 0 spiro atoms. The number of thiol groups is 1. The van der Waals surface area contributed by atoms with Crippen LogP contribution in [0, 0.1) is 0 Å². The van der Waals surface area contributed by atoms with Crippen molar-refractivity contribution < 1.29 is 24.6 Å². The number of nitrogens with zero attached hydrogens (tertiary/aromatic N) is 1. The van der Waals surface area contributed by atoms with E-state index in [0.717, 1.165) is 0 Å². The van der Waals surface area contributed by atoms with Crippen LogP contribution in [0.25, 0.3) is 0 Å². The zero-order chi connectivity index (χ0) is 11.3. The lowest BCUT2D eigenvalue weighted by Crippen LogP contribution is -2.30. The Bertz CT molecular complexity index is 302. The van der Waals surface area contributed by atoms with Crippen LogP contribution in [0.5, 0.6) is 0 Å². The largest absolute Gasteiger partial charge is 0.476 e. The molecule has 9 heteroatoms. The van der Waals surface area contributed by atoms with Crippen molar-refractivity contribution in [1.29, 1.82) is 0 Å². The summed E-state index contributed by atoms with van der Waals surface area (Å²) >= 11 is 3.35. The summed E-state index contributed by atoms with van der Waals surface area (Å²) < 4.78 is 0.123. The van der Waals surface area contributed by atoms with E-state index in [9.17, 15) is 14.4 Å². The minimum atomic E-state index is -1.60. The quantitative estimate of drug-likeness (QED) is 0.320. The topological polar surface area (TPSA) is 133 Å². The average Bonchev–Trinajstić information content (AvgIpc) is 2.02. The van der Waals surface area contributed by atoms with Crippen LogP contribution in [0.15, 0.2) is 11.9 Å². The Labute approximate surface area is 83.5 Å². The maximum absolute atomic E-state index is 10.4. The molecule has 0 fully saturated rings. The molecule has 3 amide bonds. The van der Waals surface area contributed by atoms with E-state index in [1.807, 2.05) is 0 Å². The normalized spacial score (nSPS) is 10.5. The number of urea groups is 1. The summed E-state index contributed by atoms with van der Waals surface area (Å²) in [5, 5.41) is 18.7. The third-order valence-corrected chi connectivity index (χ3v) is 1.37. The van der Waals surface area contributed by atoms with Gasteiger partial charge in [0.05, 0.1) is 0 Å². The first-order valence-electron chi connectivity index (χ1n) is 3.07. The monoisotopic (exact) mass is 221 g/mol. The number of hydrogen-bond acceptors (Lipinski definition) is 4. The smallest absolute Gasteiger partial charge is 0.422 e. The van der Waals surface area contributed by atoms with Crippen molar-refractivity contribution in [3.63, 3.8) is 0 Å². The number of carbonyl (C=O) groups excluding carboxylic acids is 1. The van der Waals surface area contributed by atoms with Crippen LogP contribution in [0.4, 0.5) is 9.59 Å². The first kappa shape index (κ1) is 12.1. The third-order valence-electron chi connectivity index (χ3n) is 0.980. The van der Waals surface area contributed by atoms with Gasteiger partial charge in [-0.1, -0.05) is 12.8 Å². The van der Waals surface area contributed by atoms with E-state index < -0.39 is 23.8 Å². The molecule has 0 atom stereocenters. The second kappa shape index (κ2) is 4.97. The van der Waals surface area contributed by atoms with Crippen LogP contribution in [0.2, 0.25) is 0 Å². The molecular formula is C5H7N3O5S. The number of aliphatic carboxylic acids is 1. The second-order valence-corrected chi connectivity index (χ2v) is 2.34. The van der Waals surface area contributed by atoms with Crippen LogP contribution in [-0.4, -0.2) is 32.6 Å². The van der Waals surface area contributed by atoms with E-state index in [2.05, 4.69) is 18.5 Å². The van der Waals surface area contributed by atoms with E-state index in [4.69, 9.17) is 10.2 Å². The molecule has 5 N–H and O–H groups in total. The molecule has 0 heterocycles. The number of carboxylic acids is 1. The molecule has 14 heavy (non-hydrogen) atoms. The molecule has 78 valence electrons. The Morgan fingerprint density at radius 1 is 1.36 bits per heavy atom. The highest BCUT2D eigenvalue weighted by molar-refractivity contribution is 7.78. The second-order valence-electron chi connectivity index (χ2n) is 1.94. The Hall–Kier alpha value is -1.90. The van der Waals surface area contributed by atoms with Gasteiger partial charge in [-0.05, 0) is 0 Å². The van der Waals surface area contributed by atoms with Crippen LogP contribution in [0.1, 0.15) is 0 Å². The summed E-state index contributed by atoms with van der Waals surface area (Å²) in [6, 6.07) is -1.02. The Balaban J connectivity index is 4.76. The molecule has 0 saturated heterocycles. The molecule has 0 aromatic rings.